The zero-order chi connectivity index (χ0) is 12.7. The summed E-state index contributed by atoms with van der Waals surface area (Å²) in [4.78, 5) is 10.8. The normalized spacial score (nSPS) is 10.2. The van der Waals surface area contributed by atoms with Crippen LogP contribution in [0, 0.1) is 0 Å². The van der Waals surface area contributed by atoms with Crippen molar-refractivity contribution in [2.75, 3.05) is 13.7 Å². The highest BCUT2D eigenvalue weighted by atomic mass is 16.5. The number of carbonyl (C=O) groups is 1. The molecule has 0 bridgehead atoms. The molecule has 0 aliphatic rings. The number of rotatable bonds is 6. The van der Waals surface area contributed by atoms with Crippen LogP contribution in [0.4, 0.5) is 0 Å². The molecule has 0 atom stereocenters. The molecular formula is C12H17NO4. The summed E-state index contributed by atoms with van der Waals surface area (Å²) < 4.78 is 4.51. The molecule has 1 rings (SSSR count). The molecule has 0 amide bonds. The van der Waals surface area contributed by atoms with Gasteiger partial charge in [0.1, 0.15) is 11.5 Å². The average molecular weight is 239 g/mol. The van der Waals surface area contributed by atoms with Gasteiger partial charge < -0.3 is 20.3 Å². The largest absolute Gasteiger partial charge is 0.508 e. The van der Waals surface area contributed by atoms with E-state index in [4.69, 9.17) is 5.11 Å². The van der Waals surface area contributed by atoms with Crippen LogP contribution in [0.15, 0.2) is 18.2 Å². The van der Waals surface area contributed by atoms with Gasteiger partial charge in [0.15, 0.2) is 0 Å². The Balaban J connectivity index is 2.24. The van der Waals surface area contributed by atoms with Gasteiger partial charge in [-0.1, -0.05) is 6.07 Å². The Labute approximate surface area is 100 Å². The first-order valence-electron chi connectivity index (χ1n) is 5.42. The van der Waals surface area contributed by atoms with Crippen molar-refractivity contribution in [1.29, 1.82) is 0 Å². The van der Waals surface area contributed by atoms with Crippen LogP contribution in [0.25, 0.3) is 0 Å². The molecule has 0 heterocycles. The molecule has 1 aromatic carbocycles. The molecule has 0 aliphatic carbocycles. The first-order valence-corrected chi connectivity index (χ1v) is 5.42. The fraction of sp³-hybridized carbons (Fsp3) is 0.417. The minimum Gasteiger partial charge on any atom is -0.508 e. The number of aromatic hydroxyl groups is 2. The maximum Gasteiger partial charge on any atom is 0.305 e. The summed E-state index contributed by atoms with van der Waals surface area (Å²) in [7, 11) is 1.37. The van der Waals surface area contributed by atoms with E-state index in [1.165, 1.54) is 19.2 Å². The van der Waals surface area contributed by atoms with E-state index in [-0.39, 0.29) is 17.5 Å². The molecule has 0 saturated heterocycles. The van der Waals surface area contributed by atoms with Crippen molar-refractivity contribution in [1.82, 2.24) is 5.32 Å². The van der Waals surface area contributed by atoms with E-state index in [2.05, 4.69) is 10.1 Å². The number of phenols is 2. The zero-order valence-electron chi connectivity index (χ0n) is 9.77. The topological polar surface area (TPSA) is 78.8 Å². The fourth-order valence-electron chi connectivity index (χ4n) is 1.38. The number of methoxy groups -OCH3 is 1. The molecule has 0 aromatic heterocycles. The number of hydrogen-bond donors (Lipinski definition) is 3. The Hall–Kier alpha value is -1.75. The summed E-state index contributed by atoms with van der Waals surface area (Å²) in [6.45, 7) is 1.16. The Morgan fingerprint density at radius 3 is 2.82 bits per heavy atom. The minimum absolute atomic E-state index is 0.0388. The van der Waals surface area contributed by atoms with Gasteiger partial charge in [-0.3, -0.25) is 4.79 Å². The second-order valence-corrected chi connectivity index (χ2v) is 3.67. The Morgan fingerprint density at radius 1 is 1.41 bits per heavy atom. The predicted molar refractivity (Wildman–Crippen MR) is 62.7 cm³/mol. The third-order valence-corrected chi connectivity index (χ3v) is 2.35. The van der Waals surface area contributed by atoms with Gasteiger partial charge in [0.05, 0.1) is 7.11 Å². The minimum atomic E-state index is -0.223. The number of esters is 1. The fourth-order valence-corrected chi connectivity index (χ4v) is 1.38. The Bertz CT molecular complexity index is 379. The lowest BCUT2D eigenvalue weighted by Crippen LogP contribution is -2.16. The van der Waals surface area contributed by atoms with Crippen molar-refractivity contribution in [2.45, 2.75) is 19.4 Å². The molecule has 0 radical (unpaired) electrons. The van der Waals surface area contributed by atoms with Gasteiger partial charge in [-0.05, 0) is 19.0 Å². The summed E-state index contributed by atoms with van der Waals surface area (Å²) in [6.07, 6.45) is 1.07. The average Bonchev–Trinajstić information content (AvgIpc) is 2.30. The van der Waals surface area contributed by atoms with Gasteiger partial charge in [-0.15, -0.1) is 0 Å². The van der Waals surface area contributed by atoms with Gasteiger partial charge in [-0.25, -0.2) is 0 Å². The number of nitrogens with one attached hydrogen (secondary N) is 1. The maximum absolute atomic E-state index is 10.8. The van der Waals surface area contributed by atoms with Crippen molar-refractivity contribution in [3.63, 3.8) is 0 Å². The summed E-state index contributed by atoms with van der Waals surface area (Å²) >= 11 is 0. The Kier molecular flexibility index (Phi) is 5.29. The molecule has 1 aromatic rings. The second-order valence-electron chi connectivity index (χ2n) is 3.67. The van der Waals surface area contributed by atoms with Gasteiger partial charge in [-0.2, -0.15) is 0 Å². The van der Waals surface area contributed by atoms with E-state index < -0.39 is 0 Å². The standard InChI is InChI=1S/C12H17NO4/c1-17-12(16)3-2-6-13-8-9-4-5-10(14)7-11(9)15/h4-5,7,13-15H,2-3,6,8H2,1H3. The van der Waals surface area contributed by atoms with E-state index in [0.29, 0.717) is 31.5 Å². The number of benzene rings is 1. The van der Waals surface area contributed by atoms with Gasteiger partial charge in [0, 0.05) is 24.6 Å². The van der Waals surface area contributed by atoms with E-state index in [9.17, 15) is 9.90 Å². The van der Waals surface area contributed by atoms with E-state index in [1.807, 2.05) is 0 Å². The van der Waals surface area contributed by atoms with Crippen LogP contribution in [0.2, 0.25) is 0 Å². The highest BCUT2D eigenvalue weighted by Crippen LogP contribution is 2.22. The lowest BCUT2D eigenvalue weighted by atomic mass is 10.2. The number of carbonyl (C=O) groups excluding carboxylic acids is 1. The summed E-state index contributed by atoms with van der Waals surface area (Å²) in [5, 5.41) is 21.7. The molecule has 94 valence electrons. The summed E-state index contributed by atoms with van der Waals surface area (Å²) in [6, 6.07) is 4.47. The maximum atomic E-state index is 10.8. The first kappa shape index (κ1) is 13.3. The molecular weight excluding hydrogens is 222 g/mol. The van der Waals surface area contributed by atoms with Crippen molar-refractivity contribution in [3.8, 4) is 11.5 Å². The molecule has 0 spiro atoms. The summed E-state index contributed by atoms with van der Waals surface area (Å²) in [5.41, 5.74) is 0.709. The number of hydrogen-bond acceptors (Lipinski definition) is 5. The third-order valence-electron chi connectivity index (χ3n) is 2.35. The van der Waals surface area contributed by atoms with Gasteiger partial charge in [0.2, 0.25) is 0 Å². The van der Waals surface area contributed by atoms with E-state index >= 15 is 0 Å². The van der Waals surface area contributed by atoms with Crippen LogP contribution in [0.3, 0.4) is 0 Å². The van der Waals surface area contributed by atoms with Crippen LogP contribution in [0.1, 0.15) is 18.4 Å². The van der Waals surface area contributed by atoms with E-state index in [1.54, 1.807) is 6.07 Å². The van der Waals surface area contributed by atoms with Gasteiger partial charge in [0.25, 0.3) is 0 Å². The van der Waals surface area contributed by atoms with Crippen LogP contribution in [-0.2, 0) is 16.1 Å². The van der Waals surface area contributed by atoms with Gasteiger partial charge >= 0.3 is 5.97 Å². The van der Waals surface area contributed by atoms with Crippen molar-refractivity contribution >= 4 is 5.97 Å². The molecule has 5 heteroatoms. The predicted octanol–water partition coefficient (Wildman–Crippen LogP) is 1.14. The van der Waals surface area contributed by atoms with Crippen LogP contribution in [0.5, 0.6) is 11.5 Å². The molecule has 0 unspecified atom stereocenters. The SMILES string of the molecule is COC(=O)CCCNCc1ccc(O)cc1O. The lowest BCUT2D eigenvalue weighted by molar-refractivity contribution is -0.140. The second kappa shape index (κ2) is 6.75. The number of phenolic OH excluding ortho intramolecular Hbond substituents is 2. The molecule has 0 aliphatic heterocycles. The van der Waals surface area contributed by atoms with Crippen LogP contribution >= 0.6 is 0 Å². The first-order chi connectivity index (χ1) is 8.13. The van der Waals surface area contributed by atoms with Crippen LogP contribution < -0.4 is 5.32 Å². The molecule has 3 N–H and O–H groups in total. The molecule has 0 saturated carbocycles. The highest BCUT2D eigenvalue weighted by molar-refractivity contribution is 5.69. The molecule has 5 nitrogen and oxygen atoms in total. The molecule has 0 fully saturated rings. The lowest BCUT2D eigenvalue weighted by Gasteiger charge is -2.06. The van der Waals surface area contributed by atoms with Crippen molar-refractivity contribution in [2.24, 2.45) is 0 Å². The zero-order valence-corrected chi connectivity index (χ0v) is 9.77. The summed E-state index contributed by atoms with van der Waals surface area (Å²) in [5.74, 6) is -0.123. The monoisotopic (exact) mass is 239 g/mol. The van der Waals surface area contributed by atoms with Crippen molar-refractivity contribution in [3.05, 3.63) is 23.8 Å². The smallest absolute Gasteiger partial charge is 0.305 e. The Morgan fingerprint density at radius 2 is 2.18 bits per heavy atom. The van der Waals surface area contributed by atoms with Crippen LogP contribution in [-0.4, -0.2) is 29.8 Å². The third kappa shape index (κ3) is 4.74. The van der Waals surface area contributed by atoms with E-state index in [0.717, 1.165) is 0 Å². The van der Waals surface area contributed by atoms with Crippen molar-refractivity contribution < 1.29 is 19.7 Å². The highest BCUT2D eigenvalue weighted by Gasteiger charge is 2.02. The quantitative estimate of drug-likeness (QED) is 0.512. The number of ether oxygens (including phenoxy) is 1. The molecule has 17 heavy (non-hydrogen) atoms.